The number of hydrogen-bond donors (Lipinski definition) is 2. The lowest BCUT2D eigenvalue weighted by Gasteiger charge is -2.21. The molecule has 0 radical (unpaired) electrons. The minimum absolute atomic E-state index is 0. The Kier molecular flexibility index (Phi) is 8.07. The molecule has 0 amide bonds. The van der Waals surface area contributed by atoms with E-state index in [0.717, 1.165) is 6.42 Å². The number of methoxy groups -OCH3 is 1. The zero-order valence-electron chi connectivity index (χ0n) is 11.6. The monoisotopic (exact) mass is 269 g/mol. The highest BCUT2D eigenvalue weighted by Gasteiger charge is 2.14. The first-order chi connectivity index (χ1) is 8.56. The number of nitrogens with zero attached hydrogens (tertiary/aromatic N) is 2. The number of aryl methyl sites for hydroxylation is 1. The van der Waals surface area contributed by atoms with Gasteiger partial charge in [-0.3, -0.25) is 0 Å². The van der Waals surface area contributed by atoms with Gasteiger partial charge in [0.05, 0.1) is 13.3 Å². The summed E-state index contributed by atoms with van der Waals surface area (Å²) in [5.41, 5.74) is 0. The zero-order chi connectivity index (χ0) is 13.5. The lowest BCUT2D eigenvalue weighted by atomic mass is 10.0. The first kappa shape index (κ1) is 17.6. The second kappa shape index (κ2) is 8.69. The molecule has 5 heteroatoms. The maximum atomic E-state index is 9.10. The number of aliphatic hydroxyl groups is 1. The SMILES string of the molecule is C.COc1cnc(C)nc1N[C@H](CCO)CC(C)C. The standard InChI is InChI=1S/C13H23N3O2.CH4/c1-9(2)7-11(5-6-17)16-13-12(18-4)8-14-10(3)15-13;/h8-9,11,17H,5-7H2,1-4H3,(H,14,15,16);1H4/t11-;/m1./s1. The number of ether oxygens (including phenoxy) is 1. The van der Waals surface area contributed by atoms with Gasteiger partial charge >= 0.3 is 0 Å². The summed E-state index contributed by atoms with van der Waals surface area (Å²) in [7, 11) is 1.60. The van der Waals surface area contributed by atoms with Crippen LogP contribution < -0.4 is 10.1 Å². The fraction of sp³-hybridized carbons (Fsp3) is 0.714. The fourth-order valence-electron chi connectivity index (χ4n) is 1.88. The van der Waals surface area contributed by atoms with E-state index < -0.39 is 0 Å². The van der Waals surface area contributed by atoms with E-state index in [0.29, 0.717) is 29.7 Å². The van der Waals surface area contributed by atoms with Crippen LogP contribution in [-0.2, 0) is 0 Å². The van der Waals surface area contributed by atoms with E-state index in [2.05, 4.69) is 29.1 Å². The lowest BCUT2D eigenvalue weighted by Crippen LogP contribution is -2.24. The molecule has 5 nitrogen and oxygen atoms in total. The van der Waals surface area contributed by atoms with Crippen molar-refractivity contribution in [2.45, 2.75) is 47.1 Å². The van der Waals surface area contributed by atoms with Gasteiger partial charge in [-0.15, -0.1) is 0 Å². The van der Waals surface area contributed by atoms with Crippen LogP contribution in [0.25, 0.3) is 0 Å². The molecule has 2 N–H and O–H groups in total. The summed E-state index contributed by atoms with van der Waals surface area (Å²) in [5.74, 6) is 2.59. The van der Waals surface area contributed by atoms with Gasteiger partial charge in [0.2, 0.25) is 0 Å². The third kappa shape index (κ3) is 5.87. The maximum Gasteiger partial charge on any atom is 0.179 e. The molecule has 0 spiro atoms. The van der Waals surface area contributed by atoms with Crippen LogP contribution in [0.1, 0.15) is 39.9 Å². The summed E-state index contributed by atoms with van der Waals surface area (Å²) in [4.78, 5) is 8.44. The normalized spacial score (nSPS) is 11.9. The van der Waals surface area contributed by atoms with Gasteiger partial charge in [0.15, 0.2) is 11.6 Å². The minimum Gasteiger partial charge on any atom is -0.491 e. The van der Waals surface area contributed by atoms with E-state index in [1.807, 2.05) is 6.92 Å². The van der Waals surface area contributed by atoms with E-state index >= 15 is 0 Å². The Bertz CT molecular complexity index is 370. The first-order valence-electron chi connectivity index (χ1n) is 6.31. The number of hydrogen-bond acceptors (Lipinski definition) is 5. The molecular weight excluding hydrogens is 242 g/mol. The Hall–Kier alpha value is -1.36. The molecule has 1 aromatic heterocycles. The van der Waals surface area contributed by atoms with Crippen LogP contribution >= 0.6 is 0 Å². The van der Waals surface area contributed by atoms with Crippen LogP contribution in [0, 0.1) is 12.8 Å². The summed E-state index contributed by atoms with van der Waals surface area (Å²) < 4.78 is 5.23. The van der Waals surface area contributed by atoms with Gasteiger partial charge in [-0.1, -0.05) is 21.3 Å². The van der Waals surface area contributed by atoms with E-state index in [-0.39, 0.29) is 20.1 Å². The molecule has 0 saturated carbocycles. The zero-order valence-corrected chi connectivity index (χ0v) is 11.6. The maximum absolute atomic E-state index is 9.10. The van der Waals surface area contributed by atoms with Crippen LogP contribution in [0.4, 0.5) is 5.82 Å². The number of aromatic nitrogens is 2. The highest BCUT2D eigenvalue weighted by atomic mass is 16.5. The van der Waals surface area contributed by atoms with Crippen molar-refractivity contribution >= 4 is 5.82 Å². The Labute approximate surface area is 116 Å². The molecule has 0 aliphatic heterocycles. The van der Waals surface area contributed by atoms with Gasteiger partial charge in [-0.2, -0.15) is 0 Å². The largest absolute Gasteiger partial charge is 0.491 e. The molecule has 0 aliphatic carbocycles. The molecule has 1 heterocycles. The Morgan fingerprint density at radius 3 is 2.63 bits per heavy atom. The topological polar surface area (TPSA) is 67.3 Å². The second-order valence-electron chi connectivity index (χ2n) is 4.82. The van der Waals surface area contributed by atoms with Gasteiger partial charge in [0, 0.05) is 12.6 Å². The Balaban J connectivity index is 0.00000324. The van der Waals surface area contributed by atoms with E-state index in [9.17, 15) is 0 Å². The Morgan fingerprint density at radius 2 is 2.11 bits per heavy atom. The van der Waals surface area contributed by atoms with E-state index in [1.54, 1.807) is 13.3 Å². The molecule has 1 aromatic rings. The van der Waals surface area contributed by atoms with Crippen molar-refractivity contribution in [1.29, 1.82) is 0 Å². The number of aliphatic hydroxyl groups excluding tert-OH is 1. The highest BCUT2D eigenvalue weighted by Crippen LogP contribution is 2.23. The van der Waals surface area contributed by atoms with Crippen LogP contribution in [0.5, 0.6) is 5.75 Å². The average Bonchev–Trinajstić information content (AvgIpc) is 2.28. The summed E-state index contributed by atoms with van der Waals surface area (Å²) in [5, 5.41) is 12.4. The summed E-state index contributed by atoms with van der Waals surface area (Å²) >= 11 is 0. The molecule has 110 valence electrons. The van der Waals surface area contributed by atoms with Crippen molar-refractivity contribution in [3.8, 4) is 5.75 Å². The summed E-state index contributed by atoms with van der Waals surface area (Å²) in [6, 6.07) is 0.193. The van der Waals surface area contributed by atoms with Gasteiger partial charge in [0.25, 0.3) is 0 Å². The molecular formula is C14H27N3O2. The van der Waals surface area contributed by atoms with Gasteiger partial charge in [-0.25, -0.2) is 9.97 Å². The molecule has 0 saturated heterocycles. The predicted molar refractivity (Wildman–Crippen MR) is 78.6 cm³/mol. The van der Waals surface area contributed by atoms with E-state index in [1.165, 1.54) is 0 Å². The molecule has 0 unspecified atom stereocenters. The Morgan fingerprint density at radius 1 is 1.42 bits per heavy atom. The average molecular weight is 269 g/mol. The fourth-order valence-corrected chi connectivity index (χ4v) is 1.88. The molecule has 0 bridgehead atoms. The third-order valence-corrected chi connectivity index (χ3v) is 2.67. The minimum atomic E-state index is 0. The number of anilines is 1. The lowest BCUT2D eigenvalue weighted by molar-refractivity contribution is 0.272. The van der Waals surface area contributed by atoms with Crippen molar-refractivity contribution in [3.05, 3.63) is 12.0 Å². The van der Waals surface area contributed by atoms with Gasteiger partial charge in [-0.05, 0) is 25.7 Å². The third-order valence-electron chi connectivity index (χ3n) is 2.67. The molecule has 1 rings (SSSR count). The van der Waals surface area contributed by atoms with Gasteiger partial charge in [0.1, 0.15) is 5.82 Å². The molecule has 0 aliphatic rings. The quantitative estimate of drug-likeness (QED) is 0.796. The molecule has 1 atom stereocenters. The van der Waals surface area contributed by atoms with Crippen LogP contribution in [0.15, 0.2) is 6.20 Å². The molecule has 0 fully saturated rings. The van der Waals surface area contributed by atoms with Crippen molar-refractivity contribution in [1.82, 2.24) is 9.97 Å². The summed E-state index contributed by atoms with van der Waals surface area (Å²) in [6.07, 6.45) is 3.34. The van der Waals surface area contributed by atoms with Crippen molar-refractivity contribution in [2.24, 2.45) is 5.92 Å². The second-order valence-corrected chi connectivity index (χ2v) is 4.82. The van der Waals surface area contributed by atoms with Gasteiger partial charge < -0.3 is 15.2 Å². The van der Waals surface area contributed by atoms with Crippen molar-refractivity contribution in [2.75, 3.05) is 19.0 Å². The van der Waals surface area contributed by atoms with E-state index in [4.69, 9.17) is 9.84 Å². The van der Waals surface area contributed by atoms with Crippen LogP contribution in [0.3, 0.4) is 0 Å². The van der Waals surface area contributed by atoms with Crippen molar-refractivity contribution < 1.29 is 9.84 Å². The number of nitrogens with one attached hydrogen (secondary N) is 1. The molecule has 0 aromatic carbocycles. The smallest absolute Gasteiger partial charge is 0.179 e. The van der Waals surface area contributed by atoms with Crippen molar-refractivity contribution in [3.63, 3.8) is 0 Å². The predicted octanol–water partition coefficient (Wildman–Crippen LogP) is 2.64. The number of rotatable bonds is 7. The first-order valence-corrected chi connectivity index (χ1v) is 6.31. The highest BCUT2D eigenvalue weighted by molar-refractivity contribution is 5.49. The molecule has 19 heavy (non-hydrogen) atoms. The van der Waals surface area contributed by atoms with Crippen LogP contribution in [0.2, 0.25) is 0 Å². The summed E-state index contributed by atoms with van der Waals surface area (Å²) in [6.45, 7) is 6.33. The van der Waals surface area contributed by atoms with Crippen LogP contribution in [-0.4, -0.2) is 34.8 Å².